The van der Waals surface area contributed by atoms with E-state index >= 15 is 0 Å². The lowest BCUT2D eigenvalue weighted by atomic mass is 10.1. The fraction of sp³-hybridized carbons (Fsp3) is 0.438. The van der Waals surface area contributed by atoms with Crippen LogP contribution in [0.2, 0.25) is 0 Å². The molecular formula is C16H23IN2. The SMILES string of the molecule is CCCCCCN1C=CC(c2ccncc2)=CC1.I. The number of rotatable bonds is 6. The predicted octanol–water partition coefficient (Wildman–Crippen LogP) is 4.49. The lowest BCUT2D eigenvalue weighted by Crippen LogP contribution is -2.20. The maximum atomic E-state index is 4.05. The molecule has 104 valence electrons. The Labute approximate surface area is 133 Å². The maximum Gasteiger partial charge on any atom is 0.0363 e. The molecule has 0 saturated carbocycles. The van der Waals surface area contributed by atoms with Gasteiger partial charge in [-0.05, 0) is 42.0 Å². The molecule has 0 aromatic carbocycles. The minimum absolute atomic E-state index is 0. The minimum atomic E-state index is 0. The highest BCUT2D eigenvalue weighted by Gasteiger charge is 2.05. The second-order valence-corrected chi connectivity index (χ2v) is 4.77. The van der Waals surface area contributed by atoms with Gasteiger partial charge in [0.15, 0.2) is 0 Å². The summed E-state index contributed by atoms with van der Waals surface area (Å²) in [4.78, 5) is 6.44. The number of aromatic nitrogens is 1. The highest BCUT2D eigenvalue weighted by Crippen LogP contribution is 2.18. The summed E-state index contributed by atoms with van der Waals surface area (Å²) < 4.78 is 0. The Hall–Kier alpha value is -0.840. The van der Waals surface area contributed by atoms with Crippen LogP contribution >= 0.6 is 24.0 Å². The number of halogens is 1. The van der Waals surface area contributed by atoms with Crippen molar-refractivity contribution < 1.29 is 0 Å². The highest BCUT2D eigenvalue weighted by molar-refractivity contribution is 14.0. The molecule has 0 radical (unpaired) electrons. The average Bonchev–Trinajstić information content (AvgIpc) is 2.45. The van der Waals surface area contributed by atoms with Gasteiger partial charge in [0, 0.05) is 25.5 Å². The third-order valence-electron chi connectivity index (χ3n) is 3.32. The molecule has 2 heterocycles. The summed E-state index contributed by atoms with van der Waals surface area (Å²) in [5, 5.41) is 0. The third-order valence-corrected chi connectivity index (χ3v) is 3.32. The normalized spacial score (nSPS) is 13.9. The fourth-order valence-electron chi connectivity index (χ4n) is 2.20. The highest BCUT2D eigenvalue weighted by atomic mass is 127. The van der Waals surface area contributed by atoms with Crippen molar-refractivity contribution in [2.75, 3.05) is 13.1 Å². The van der Waals surface area contributed by atoms with Crippen LogP contribution in [-0.4, -0.2) is 23.0 Å². The zero-order valence-corrected chi connectivity index (χ0v) is 13.9. The smallest absolute Gasteiger partial charge is 0.0363 e. The number of allylic oxidation sites excluding steroid dienone is 2. The molecule has 0 saturated heterocycles. The third kappa shape index (κ3) is 5.35. The summed E-state index contributed by atoms with van der Waals surface area (Å²) in [5.74, 6) is 0. The lowest BCUT2D eigenvalue weighted by Gasteiger charge is -2.22. The molecule has 19 heavy (non-hydrogen) atoms. The summed E-state index contributed by atoms with van der Waals surface area (Å²) >= 11 is 0. The standard InChI is InChI=1S/C16H22N2.HI/c1-2-3-4-5-12-18-13-8-16(9-14-18)15-6-10-17-11-7-15;/h6-11,13H,2-5,12,14H2,1H3;1H. The van der Waals surface area contributed by atoms with Gasteiger partial charge < -0.3 is 4.90 Å². The molecule has 0 aliphatic carbocycles. The molecule has 0 N–H and O–H groups in total. The van der Waals surface area contributed by atoms with Gasteiger partial charge in [-0.2, -0.15) is 0 Å². The monoisotopic (exact) mass is 370 g/mol. The Bertz CT molecular complexity index is 412. The first-order valence-electron chi connectivity index (χ1n) is 6.93. The Morgan fingerprint density at radius 1 is 1.16 bits per heavy atom. The van der Waals surface area contributed by atoms with E-state index in [2.05, 4.69) is 47.3 Å². The topological polar surface area (TPSA) is 16.1 Å². The second kappa shape index (κ2) is 9.13. The maximum absolute atomic E-state index is 4.05. The van der Waals surface area contributed by atoms with Gasteiger partial charge in [-0.15, -0.1) is 24.0 Å². The van der Waals surface area contributed by atoms with E-state index in [-0.39, 0.29) is 24.0 Å². The molecule has 0 amide bonds. The van der Waals surface area contributed by atoms with Gasteiger partial charge in [-0.25, -0.2) is 0 Å². The number of pyridine rings is 1. The van der Waals surface area contributed by atoms with Gasteiger partial charge in [0.25, 0.3) is 0 Å². The van der Waals surface area contributed by atoms with E-state index in [9.17, 15) is 0 Å². The van der Waals surface area contributed by atoms with Crippen molar-refractivity contribution in [1.82, 2.24) is 9.88 Å². The number of hydrogen-bond acceptors (Lipinski definition) is 2. The van der Waals surface area contributed by atoms with Crippen LogP contribution in [0.25, 0.3) is 5.57 Å². The van der Waals surface area contributed by atoms with Gasteiger partial charge in [0.2, 0.25) is 0 Å². The van der Waals surface area contributed by atoms with Crippen molar-refractivity contribution in [2.45, 2.75) is 32.6 Å². The van der Waals surface area contributed by atoms with Crippen LogP contribution in [0.1, 0.15) is 38.2 Å². The van der Waals surface area contributed by atoms with Gasteiger partial charge in [-0.1, -0.05) is 32.3 Å². The predicted molar refractivity (Wildman–Crippen MR) is 92.5 cm³/mol. The number of unbranched alkanes of at least 4 members (excludes halogenated alkanes) is 3. The van der Waals surface area contributed by atoms with Crippen LogP contribution in [0, 0.1) is 0 Å². The van der Waals surface area contributed by atoms with E-state index in [1.54, 1.807) is 0 Å². The van der Waals surface area contributed by atoms with Crippen LogP contribution in [-0.2, 0) is 0 Å². The van der Waals surface area contributed by atoms with Crippen LogP contribution in [0.4, 0.5) is 0 Å². The fourth-order valence-corrected chi connectivity index (χ4v) is 2.20. The number of hydrogen-bond donors (Lipinski definition) is 0. The molecule has 0 spiro atoms. The molecule has 0 bridgehead atoms. The van der Waals surface area contributed by atoms with E-state index in [1.165, 1.54) is 43.4 Å². The first-order chi connectivity index (χ1) is 8.90. The van der Waals surface area contributed by atoms with E-state index in [1.807, 2.05) is 12.4 Å². The van der Waals surface area contributed by atoms with E-state index in [0.717, 1.165) is 6.54 Å². The Balaban J connectivity index is 0.00000180. The van der Waals surface area contributed by atoms with Gasteiger partial charge in [0.05, 0.1) is 0 Å². The van der Waals surface area contributed by atoms with Crippen molar-refractivity contribution in [3.05, 3.63) is 48.4 Å². The molecule has 2 nitrogen and oxygen atoms in total. The quantitative estimate of drug-likeness (QED) is 0.542. The van der Waals surface area contributed by atoms with Crippen molar-refractivity contribution >= 4 is 29.5 Å². The lowest BCUT2D eigenvalue weighted by molar-refractivity contribution is 0.395. The minimum Gasteiger partial charge on any atom is -0.374 e. The summed E-state index contributed by atoms with van der Waals surface area (Å²) in [6.07, 6.45) is 15.7. The van der Waals surface area contributed by atoms with Crippen LogP contribution in [0.3, 0.4) is 0 Å². The van der Waals surface area contributed by atoms with E-state index < -0.39 is 0 Å². The summed E-state index contributed by atoms with van der Waals surface area (Å²) in [6, 6.07) is 4.13. The first-order valence-corrected chi connectivity index (χ1v) is 6.93. The zero-order valence-electron chi connectivity index (χ0n) is 11.6. The molecule has 0 atom stereocenters. The summed E-state index contributed by atoms with van der Waals surface area (Å²) in [7, 11) is 0. The zero-order chi connectivity index (χ0) is 12.6. The molecule has 1 aromatic heterocycles. The molecule has 2 rings (SSSR count). The molecular weight excluding hydrogens is 347 g/mol. The molecule has 1 aliphatic rings. The molecule has 3 heteroatoms. The van der Waals surface area contributed by atoms with Crippen molar-refractivity contribution in [1.29, 1.82) is 0 Å². The van der Waals surface area contributed by atoms with Crippen LogP contribution in [0.15, 0.2) is 42.9 Å². The average molecular weight is 370 g/mol. The van der Waals surface area contributed by atoms with Crippen molar-refractivity contribution in [2.24, 2.45) is 0 Å². The van der Waals surface area contributed by atoms with Crippen molar-refractivity contribution in [3.63, 3.8) is 0 Å². The van der Waals surface area contributed by atoms with Crippen molar-refractivity contribution in [3.8, 4) is 0 Å². The second-order valence-electron chi connectivity index (χ2n) is 4.77. The molecule has 1 aliphatic heterocycles. The molecule has 1 aromatic rings. The Kier molecular flexibility index (Phi) is 7.79. The molecule has 0 unspecified atom stereocenters. The van der Waals surface area contributed by atoms with Gasteiger partial charge in [-0.3, -0.25) is 4.98 Å². The van der Waals surface area contributed by atoms with Gasteiger partial charge in [0.1, 0.15) is 0 Å². The van der Waals surface area contributed by atoms with Gasteiger partial charge >= 0.3 is 0 Å². The van der Waals surface area contributed by atoms with E-state index in [0.29, 0.717) is 0 Å². The Morgan fingerprint density at radius 3 is 2.58 bits per heavy atom. The largest absolute Gasteiger partial charge is 0.374 e. The van der Waals surface area contributed by atoms with Crippen LogP contribution in [0.5, 0.6) is 0 Å². The Morgan fingerprint density at radius 2 is 1.95 bits per heavy atom. The number of nitrogens with zero attached hydrogens (tertiary/aromatic N) is 2. The first kappa shape index (κ1) is 16.2. The van der Waals surface area contributed by atoms with E-state index in [4.69, 9.17) is 0 Å². The summed E-state index contributed by atoms with van der Waals surface area (Å²) in [6.45, 7) is 4.46. The molecule has 0 fully saturated rings. The van der Waals surface area contributed by atoms with Crippen LogP contribution < -0.4 is 0 Å². The summed E-state index contributed by atoms with van der Waals surface area (Å²) in [5.41, 5.74) is 2.56.